The van der Waals surface area contributed by atoms with E-state index in [4.69, 9.17) is 10.7 Å². The Balaban J connectivity index is 1.56. The Morgan fingerprint density at radius 1 is 1.17 bits per heavy atom. The smallest absolute Gasteiger partial charge is 0.274 e. The number of hydrogen-bond donors (Lipinski definition) is 2. The lowest BCUT2D eigenvalue weighted by atomic mass is 9.98. The summed E-state index contributed by atoms with van der Waals surface area (Å²) in [6, 6.07) is 11.6. The van der Waals surface area contributed by atoms with E-state index in [0.29, 0.717) is 0 Å². The Morgan fingerprint density at radius 2 is 1.97 bits per heavy atom. The second-order valence-corrected chi connectivity index (χ2v) is 8.79. The Hall–Kier alpha value is -4.55. The topological polar surface area (TPSA) is 112 Å². The maximum absolute atomic E-state index is 12.8. The molecule has 3 N–H and O–H groups in total. The number of amides is 1. The maximum Gasteiger partial charge on any atom is 0.274 e. The van der Waals surface area contributed by atoms with Gasteiger partial charge in [0.1, 0.15) is 4.83 Å². The fourth-order valence-electron chi connectivity index (χ4n) is 3.73. The molecule has 0 spiro atoms. The Labute approximate surface area is 205 Å². The van der Waals surface area contributed by atoms with Crippen molar-refractivity contribution in [2.24, 2.45) is 7.05 Å². The molecule has 1 aromatic carbocycles. The summed E-state index contributed by atoms with van der Waals surface area (Å²) < 4.78 is 1.72. The number of carbonyl (C=O) groups is 1. The fraction of sp³-hybridized carbons (Fsp3) is 0.115. The van der Waals surface area contributed by atoms with Gasteiger partial charge in [-0.15, -0.1) is 11.3 Å². The highest BCUT2D eigenvalue weighted by Gasteiger charge is 2.21. The number of benzene rings is 1. The van der Waals surface area contributed by atoms with Gasteiger partial charge in [-0.3, -0.25) is 9.48 Å². The predicted octanol–water partition coefficient (Wildman–Crippen LogP) is 3.96. The lowest BCUT2D eigenvalue weighted by Gasteiger charge is -2.18. The van der Waals surface area contributed by atoms with Crippen molar-refractivity contribution in [2.75, 3.05) is 5.73 Å². The SMILES string of the molecule is CC(NC(=O)c1nccnc1N)c1nc2scc(C#Cc3cnn(C)c3)c2cc1-c1ccccc1. The molecule has 0 aliphatic heterocycles. The number of nitrogens with one attached hydrogen (secondary N) is 1. The molecule has 0 aliphatic rings. The summed E-state index contributed by atoms with van der Waals surface area (Å²) in [4.78, 5) is 26.7. The molecule has 1 unspecified atom stereocenters. The third-order valence-corrected chi connectivity index (χ3v) is 6.31. The summed E-state index contributed by atoms with van der Waals surface area (Å²) in [6.07, 6.45) is 6.50. The van der Waals surface area contributed by atoms with Gasteiger partial charge in [0.05, 0.1) is 23.5 Å². The van der Waals surface area contributed by atoms with Crippen LogP contribution < -0.4 is 11.1 Å². The highest BCUT2D eigenvalue weighted by atomic mass is 32.1. The largest absolute Gasteiger partial charge is 0.382 e. The lowest BCUT2D eigenvalue weighted by molar-refractivity contribution is 0.0935. The number of thiophene rings is 1. The highest BCUT2D eigenvalue weighted by Crippen LogP contribution is 2.34. The van der Waals surface area contributed by atoms with Gasteiger partial charge >= 0.3 is 0 Å². The summed E-state index contributed by atoms with van der Waals surface area (Å²) in [6.45, 7) is 1.89. The number of pyridine rings is 1. The number of aryl methyl sites for hydroxylation is 1. The highest BCUT2D eigenvalue weighted by molar-refractivity contribution is 7.17. The van der Waals surface area contributed by atoms with Crippen LogP contribution in [-0.2, 0) is 7.05 Å². The number of anilines is 1. The van der Waals surface area contributed by atoms with Crippen molar-refractivity contribution in [3.8, 4) is 23.0 Å². The third-order valence-electron chi connectivity index (χ3n) is 5.43. The monoisotopic (exact) mass is 479 g/mol. The number of carbonyl (C=O) groups excluding carboxylic acids is 1. The normalized spacial score (nSPS) is 11.6. The van der Waals surface area contributed by atoms with E-state index in [0.717, 1.165) is 38.2 Å². The first-order valence-corrected chi connectivity index (χ1v) is 11.7. The number of nitrogen functional groups attached to an aromatic ring is 1. The lowest BCUT2D eigenvalue weighted by Crippen LogP contribution is -2.29. The summed E-state index contributed by atoms with van der Waals surface area (Å²) in [5.41, 5.74) is 10.3. The zero-order chi connectivity index (χ0) is 24.4. The van der Waals surface area contributed by atoms with Gasteiger partial charge < -0.3 is 11.1 Å². The van der Waals surface area contributed by atoms with Gasteiger partial charge in [-0.2, -0.15) is 5.10 Å². The van der Waals surface area contributed by atoms with E-state index in [1.807, 2.05) is 55.9 Å². The van der Waals surface area contributed by atoms with Crippen LogP contribution >= 0.6 is 11.3 Å². The van der Waals surface area contributed by atoms with Crippen LogP contribution in [0.4, 0.5) is 5.82 Å². The number of hydrogen-bond acceptors (Lipinski definition) is 7. The van der Waals surface area contributed by atoms with Gasteiger partial charge in [0.15, 0.2) is 11.5 Å². The minimum atomic E-state index is -0.407. The first-order valence-electron chi connectivity index (χ1n) is 10.8. The van der Waals surface area contributed by atoms with Gasteiger partial charge in [0, 0.05) is 47.5 Å². The van der Waals surface area contributed by atoms with Gasteiger partial charge in [0.2, 0.25) is 0 Å². The van der Waals surface area contributed by atoms with E-state index < -0.39 is 11.9 Å². The summed E-state index contributed by atoms with van der Waals surface area (Å²) in [5.74, 6) is 6.10. The number of nitrogens with zero attached hydrogens (tertiary/aromatic N) is 5. The zero-order valence-corrected chi connectivity index (χ0v) is 19.9. The van der Waals surface area contributed by atoms with Crippen LogP contribution in [0.1, 0.15) is 40.3 Å². The Morgan fingerprint density at radius 3 is 2.71 bits per heavy atom. The molecule has 0 saturated carbocycles. The van der Waals surface area contributed by atoms with Gasteiger partial charge in [-0.1, -0.05) is 42.2 Å². The maximum atomic E-state index is 12.8. The third kappa shape index (κ3) is 4.60. The van der Waals surface area contributed by atoms with Crippen molar-refractivity contribution in [2.45, 2.75) is 13.0 Å². The van der Waals surface area contributed by atoms with Gasteiger partial charge in [0.25, 0.3) is 5.91 Å². The molecular formula is C26H21N7OS. The number of aromatic nitrogens is 5. The molecular weight excluding hydrogens is 458 g/mol. The molecule has 5 aromatic rings. The molecule has 1 amide bonds. The average Bonchev–Trinajstić information content (AvgIpc) is 3.47. The molecule has 35 heavy (non-hydrogen) atoms. The number of fused-ring (bicyclic) bond motifs is 1. The van der Waals surface area contributed by atoms with E-state index >= 15 is 0 Å². The summed E-state index contributed by atoms with van der Waals surface area (Å²) >= 11 is 1.52. The van der Waals surface area contributed by atoms with Crippen LogP contribution in [0.2, 0.25) is 0 Å². The molecule has 172 valence electrons. The molecule has 0 radical (unpaired) electrons. The molecule has 4 heterocycles. The quantitative estimate of drug-likeness (QED) is 0.378. The van der Waals surface area contributed by atoms with E-state index in [2.05, 4.69) is 38.3 Å². The zero-order valence-electron chi connectivity index (χ0n) is 19.1. The first kappa shape index (κ1) is 22.3. The van der Waals surface area contributed by atoms with E-state index in [9.17, 15) is 4.79 Å². The molecule has 8 nitrogen and oxygen atoms in total. The second kappa shape index (κ2) is 9.37. The fourth-order valence-corrected chi connectivity index (χ4v) is 4.59. The molecule has 4 aromatic heterocycles. The summed E-state index contributed by atoms with van der Waals surface area (Å²) in [7, 11) is 1.86. The van der Waals surface area contributed by atoms with Crippen molar-refractivity contribution >= 4 is 33.3 Å². The van der Waals surface area contributed by atoms with Crippen LogP contribution in [0.3, 0.4) is 0 Å². The van der Waals surface area contributed by atoms with Crippen LogP contribution in [0.25, 0.3) is 21.3 Å². The van der Waals surface area contributed by atoms with E-state index in [1.54, 1.807) is 10.9 Å². The van der Waals surface area contributed by atoms with Crippen molar-refractivity contribution in [1.29, 1.82) is 0 Å². The Bertz CT molecular complexity index is 1590. The van der Waals surface area contributed by atoms with Crippen molar-refractivity contribution < 1.29 is 4.79 Å². The van der Waals surface area contributed by atoms with Crippen molar-refractivity contribution in [3.63, 3.8) is 0 Å². The number of nitrogens with two attached hydrogens (primary N) is 1. The van der Waals surface area contributed by atoms with Crippen LogP contribution in [-0.4, -0.2) is 30.6 Å². The molecule has 0 saturated heterocycles. The second-order valence-electron chi connectivity index (χ2n) is 7.93. The molecule has 0 fully saturated rings. The van der Waals surface area contributed by atoms with Crippen LogP contribution in [0, 0.1) is 11.8 Å². The Kier molecular flexibility index (Phi) is 5.95. The van der Waals surface area contributed by atoms with E-state index in [1.165, 1.54) is 23.7 Å². The first-order chi connectivity index (χ1) is 17.0. The molecule has 9 heteroatoms. The summed E-state index contributed by atoms with van der Waals surface area (Å²) in [5, 5.41) is 10.1. The minimum absolute atomic E-state index is 0.0824. The molecule has 0 bridgehead atoms. The van der Waals surface area contributed by atoms with Crippen LogP contribution in [0.15, 0.2) is 66.6 Å². The van der Waals surface area contributed by atoms with Crippen LogP contribution in [0.5, 0.6) is 0 Å². The van der Waals surface area contributed by atoms with Crippen molar-refractivity contribution in [1.82, 2.24) is 30.0 Å². The standard InChI is InChI=1S/C26H21N7OS/c1-16(31-25(34)23-24(27)29-11-10-28-23)22-20(18-6-4-3-5-7-18)12-21-19(15-35-26(21)32-22)9-8-17-13-30-33(2)14-17/h3-7,10-16H,1-2H3,(H2,27,29)(H,31,34). The average molecular weight is 480 g/mol. The van der Waals surface area contributed by atoms with Gasteiger partial charge in [-0.05, 0) is 18.6 Å². The van der Waals surface area contributed by atoms with Crippen molar-refractivity contribution in [3.05, 3.63) is 89.1 Å². The van der Waals surface area contributed by atoms with E-state index in [-0.39, 0.29) is 11.5 Å². The number of rotatable bonds is 4. The molecule has 0 aliphatic carbocycles. The molecule has 1 atom stereocenters. The van der Waals surface area contributed by atoms with Gasteiger partial charge in [-0.25, -0.2) is 15.0 Å². The predicted molar refractivity (Wildman–Crippen MR) is 137 cm³/mol. The minimum Gasteiger partial charge on any atom is -0.382 e. The molecule has 5 rings (SSSR count).